The zero-order valence-electron chi connectivity index (χ0n) is 15.9. The van der Waals surface area contributed by atoms with Crippen LogP contribution >= 0.6 is 0 Å². The second-order valence-electron chi connectivity index (χ2n) is 7.02. The number of rotatable bonds is 7. The topological polar surface area (TPSA) is 42.0 Å². The van der Waals surface area contributed by atoms with Crippen LogP contribution in [0.2, 0.25) is 0 Å². The van der Waals surface area contributed by atoms with Crippen LogP contribution in [0.5, 0.6) is 0 Å². The highest BCUT2D eigenvalue weighted by molar-refractivity contribution is 5.81. The summed E-state index contributed by atoms with van der Waals surface area (Å²) in [6.45, 7) is 8.16. The lowest BCUT2D eigenvalue weighted by atomic mass is 9.95. The summed E-state index contributed by atoms with van der Waals surface area (Å²) in [6, 6.07) is 10.7. The van der Waals surface area contributed by atoms with Gasteiger partial charge < -0.3 is 14.4 Å². The zero-order chi connectivity index (χ0) is 18.4. The smallest absolute Gasteiger partial charge is 0.233 e. The van der Waals surface area contributed by atoms with E-state index >= 15 is 0 Å². The summed E-state index contributed by atoms with van der Waals surface area (Å²) in [6.07, 6.45) is 4.58. The first-order valence-electron chi connectivity index (χ1n) is 9.74. The van der Waals surface area contributed by atoms with Crippen molar-refractivity contribution in [2.45, 2.75) is 39.2 Å². The maximum absolute atomic E-state index is 13.2. The molecule has 142 valence electrons. The number of hydrogen-bond donors (Lipinski definition) is 0. The van der Waals surface area contributed by atoms with Gasteiger partial charge in [-0.25, -0.2) is 0 Å². The molecule has 2 aliphatic rings. The zero-order valence-corrected chi connectivity index (χ0v) is 15.9. The minimum absolute atomic E-state index is 0.148. The number of ether oxygens (including phenoxy) is 2. The lowest BCUT2D eigenvalue weighted by molar-refractivity contribution is -0.137. The van der Waals surface area contributed by atoms with Gasteiger partial charge in [0.15, 0.2) is 0 Å². The number of piperazine rings is 1. The minimum Gasteiger partial charge on any atom is -0.462 e. The van der Waals surface area contributed by atoms with Crippen LogP contribution in [0.1, 0.15) is 32.3 Å². The van der Waals surface area contributed by atoms with Gasteiger partial charge in [-0.2, -0.15) is 0 Å². The Morgan fingerprint density at radius 3 is 2.35 bits per heavy atom. The Labute approximate surface area is 156 Å². The maximum Gasteiger partial charge on any atom is 0.233 e. The molecule has 3 rings (SSSR count). The molecule has 0 saturated carbocycles. The third-order valence-corrected chi connectivity index (χ3v) is 5.50. The van der Waals surface area contributed by atoms with Crippen LogP contribution in [0.4, 0.5) is 0 Å². The van der Waals surface area contributed by atoms with Crippen molar-refractivity contribution in [3.8, 4) is 0 Å². The lowest BCUT2D eigenvalue weighted by Crippen LogP contribution is -2.53. The molecule has 2 aliphatic heterocycles. The normalized spacial score (nSPS) is 19.0. The number of hydrogen-bond acceptors (Lipinski definition) is 4. The molecule has 0 spiro atoms. The average Bonchev–Trinajstić information content (AvgIpc) is 3.22. The second-order valence-corrected chi connectivity index (χ2v) is 7.02. The maximum atomic E-state index is 13.2. The van der Waals surface area contributed by atoms with Crippen LogP contribution in [-0.2, 0) is 20.7 Å². The van der Waals surface area contributed by atoms with Gasteiger partial charge in [0.1, 0.15) is 17.9 Å². The van der Waals surface area contributed by atoms with Crippen molar-refractivity contribution < 1.29 is 14.3 Å². The van der Waals surface area contributed by atoms with Gasteiger partial charge in [0.2, 0.25) is 12.7 Å². The highest BCUT2D eigenvalue weighted by atomic mass is 16.7. The third-order valence-electron chi connectivity index (χ3n) is 5.50. The van der Waals surface area contributed by atoms with Gasteiger partial charge >= 0.3 is 0 Å². The SMILES string of the molecule is CCC(CC)N1CCN(C(=O)C(Cc2ccccc2)C2=COCO2)CC1. The van der Waals surface area contributed by atoms with Crippen molar-refractivity contribution in [3.63, 3.8) is 0 Å². The summed E-state index contributed by atoms with van der Waals surface area (Å²) in [4.78, 5) is 17.7. The molecular formula is C21H30N2O3. The first-order valence-corrected chi connectivity index (χ1v) is 9.74. The Kier molecular flexibility index (Phi) is 6.56. The molecule has 1 fully saturated rings. The van der Waals surface area contributed by atoms with Gasteiger partial charge in [0.25, 0.3) is 0 Å². The Hall–Kier alpha value is -2.01. The van der Waals surface area contributed by atoms with Crippen molar-refractivity contribution in [2.75, 3.05) is 33.0 Å². The molecule has 5 nitrogen and oxygen atoms in total. The van der Waals surface area contributed by atoms with Gasteiger partial charge in [-0.15, -0.1) is 0 Å². The summed E-state index contributed by atoms with van der Waals surface area (Å²) < 4.78 is 10.8. The Morgan fingerprint density at radius 1 is 1.08 bits per heavy atom. The van der Waals surface area contributed by atoms with Gasteiger partial charge in [-0.05, 0) is 24.8 Å². The molecule has 1 saturated heterocycles. The van der Waals surface area contributed by atoms with E-state index in [0.717, 1.165) is 31.7 Å². The first kappa shape index (κ1) is 18.8. The summed E-state index contributed by atoms with van der Waals surface area (Å²) in [5.41, 5.74) is 1.14. The summed E-state index contributed by atoms with van der Waals surface area (Å²) >= 11 is 0. The standard InChI is InChI=1S/C21H30N2O3/c1-3-18(4-2)22-10-12-23(13-11-22)21(24)19(20-15-25-16-26-20)14-17-8-6-5-7-9-17/h5-9,15,18-19H,3-4,10-14,16H2,1-2H3. The fourth-order valence-corrected chi connectivity index (χ4v) is 3.93. The first-order chi connectivity index (χ1) is 12.7. The quantitative estimate of drug-likeness (QED) is 0.751. The van der Waals surface area contributed by atoms with E-state index in [1.54, 1.807) is 6.26 Å². The number of carbonyl (C=O) groups is 1. The predicted molar refractivity (Wildman–Crippen MR) is 101 cm³/mol. The van der Waals surface area contributed by atoms with Gasteiger partial charge in [-0.3, -0.25) is 9.69 Å². The van der Waals surface area contributed by atoms with Crippen LogP contribution in [0.15, 0.2) is 42.4 Å². The Balaban J connectivity index is 1.66. The van der Waals surface area contributed by atoms with Crippen LogP contribution in [0, 0.1) is 5.92 Å². The van der Waals surface area contributed by atoms with E-state index in [-0.39, 0.29) is 18.6 Å². The Bertz CT molecular complexity index is 605. The van der Waals surface area contributed by atoms with Gasteiger partial charge in [-0.1, -0.05) is 44.2 Å². The van der Waals surface area contributed by atoms with Crippen molar-refractivity contribution in [3.05, 3.63) is 47.9 Å². The number of amides is 1. The predicted octanol–water partition coefficient (Wildman–Crippen LogP) is 3.02. The highest BCUT2D eigenvalue weighted by Gasteiger charge is 2.33. The van der Waals surface area contributed by atoms with Gasteiger partial charge in [0, 0.05) is 32.2 Å². The lowest BCUT2D eigenvalue weighted by Gasteiger charge is -2.39. The molecule has 1 aromatic carbocycles. The fraction of sp³-hybridized carbons (Fsp3) is 0.571. The van der Waals surface area contributed by atoms with E-state index in [0.29, 0.717) is 18.2 Å². The molecule has 0 aromatic heterocycles. The molecule has 2 heterocycles. The average molecular weight is 358 g/mol. The number of carbonyl (C=O) groups excluding carboxylic acids is 1. The molecule has 0 N–H and O–H groups in total. The van der Waals surface area contributed by atoms with Crippen LogP contribution in [0.25, 0.3) is 0 Å². The number of benzene rings is 1. The van der Waals surface area contributed by atoms with Crippen LogP contribution in [-0.4, -0.2) is 54.7 Å². The van der Waals surface area contributed by atoms with E-state index in [9.17, 15) is 4.79 Å². The van der Waals surface area contributed by atoms with Crippen molar-refractivity contribution >= 4 is 5.91 Å². The second kappa shape index (κ2) is 9.08. The molecule has 0 radical (unpaired) electrons. The summed E-state index contributed by atoms with van der Waals surface area (Å²) in [5, 5.41) is 0. The number of nitrogens with zero attached hydrogens (tertiary/aromatic N) is 2. The van der Waals surface area contributed by atoms with E-state index in [2.05, 4.69) is 30.9 Å². The fourth-order valence-electron chi connectivity index (χ4n) is 3.93. The van der Waals surface area contributed by atoms with E-state index in [1.807, 2.05) is 23.1 Å². The van der Waals surface area contributed by atoms with Crippen LogP contribution in [0.3, 0.4) is 0 Å². The Morgan fingerprint density at radius 2 is 1.77 bits per heavy atom. The molecule has 5 heteroatoms. The van der Waals surface area contributed by atoms with Crippen molar-refractivity contribution in [2.24, 2.45) is 5.92 Å². The van der Waals surface area contributed by atoms with Gasteiger partial charge in [0.05, 0.1) is 0 Å². The molecule has 1 atom stereocenters. The largest absolute Gasteiger partial charge is 0.462 e. The molecular weight excluding hydrogens is 328 g/mol. The molecule has 0 aliphatic carbocycles. The van der Waals surface area contributed by atoms with Crippen molar-refractivity contribution in [1.82, 2.24) is 9.80 Å². The molecule has 0 bridgehead atoms. The van der Waals surface area contributed by atoms with E-state index in [1.165, 1.54) is 12.8 Å². The third kappa shape index (κ3) is 4.39. The molecule has 1 unspecified atom stereocenters. The van der Waals surface area contributed by atoms with Crippen LogP contribution < -0.4 is 0 Å². The minimum atomic E-state index is -0.306. The summed E-state index contributed by atoms with van der Waals surface area (Å²) in [7, 11) is 0. The molecule has 1 aromatic rings. The highest BCUT2D eigenvalue weighted by Crippen LogP contribution is 2.25. The van der Waals surface area contributed by atoms with E-state index in [4.69, 9.17) is 9.47 Å². The van der Waals surface area contributed by atoms with E-state index < -0.39 is 0 Å². The monoisotopic (exact) mass is 358 g/mol. The molecule has 26 heavy (non-hydrogen) atoms. The van der Waals surface area contributed by atoms with Crippen molar-refractivity contribution in [1.29, 1.82) is 0 Å². The summed E-state index contributed by atoms with van der Waals surface area (Å²) in [5.74, 6) is 0.496. The molecule has 1 amide bonds.